The van der Waals surface area contributed by atoms with Crippen LogP contribution in [0.5, 0.6) is 0 Å². The van der Waals surface area contributed by atoms with Gasteiger partial charge in [-0.1, -0.05) is 60.7 Å². The topological polar surface area (TPSA) is 87.0 Å². The molecule has 3 aromatic rings. The van der Waals surface area contributed by atoms with Crippen molar-refractivity contribution in [3.8, 4) is 0 Å². The Bertz CT molecular complexity index is 1310. The van der Waals surface area contributed by atoms with Gasteiger partial charge in [0.2, 0.25) is 5.91 Å². The first kappa shape index (κ1) is 26.3. The van der Waals surface area contributed by atoms with Crippen LogP contribution in [0.15, 0.2) is 90.5 Å². The highest BCUT2D eigenvalue weighted by atomic mass is 16.6. The molecule has 0 N–H and O–H groups in total. The van der Waals surface area contributed by atoms with Gasteiger partial charge in [0.25, 0.3) is 11.6 Å². The van der Waals surface area contributed by atoms with Gasteiger partial charge in [0, 0.05) is 56.1 Å². The zero-order valence-corrected chi connectivity index (χ0v) is 21.9. The second-order valence-corrected chi connectivity index (χ2v) is 9.92. The lowest BCUT2D eigenvalue weighted by Crippen LogP contribution is -2.46. The minimum Gasteiger partial charge on any atom is -0.369 e. The number of carbonyl (C=O) groups excluding carboxylic acids is 2. The molecule has 39 heavy (non-hydrogen) atoms. The van der Waals surface area contributed by atoms with Crippen LogP contribution in [0.1, 0.15) is 30.4 Å². The first-order valence-electron chi connectivity index (χ1n) is 13.4. The van der Waals surface area contributed by atoms with Gasteiger partial charge in [0.15, 0.2) is 0 Å². The van der Waals surface area contributed by atoms with E-state index in [1.807, 2.05) is 72.8 Å². The highest BCUT2D eigenvalue weighted by molar-refractivity contribution is 6.18. The van der Waals surface area contributed by atoms with Crippen LogP contribution in [0.4, 0.5) is 11.4 Å². The minimum atomic E-state index is -0.381. The number of imide groups is 1. The van der Waals surface area contributed by atoms with Crippen LogP contribution in [0, 0.1) is 10.1 Å². The predicted molar refractivity (Wildman–Crippen MR) is 151 cm³/mol. The Morgan fingerprint density at radius 3 is 1.87 bits per heavy atom. The van der Waals surface area contributed by atoms with Gasteiger partial charge in [0.1, 0.15) is 0 Å². The second-order valence-electron chi connectivity index (χ2n) is 9.92. The summed E-state index contributed by atoms with van der Waals surface area (Å²) in [7, 11) is 0. The summed E-state index contributed by atoms with van der Waals surface area (Å²) in [6.45, 7) is 4.87. The molecule has 0 radical (unpaired) electrons. The van der Waals surface area contributed by atoms with Crippen molar-refractivity contribution in [3.63, 3.8) is 0 Å². The predicted octanol–water partition coefficient (Wildman–Crippen LogP) is 4.76. The summed E-state index contributed by atoms with van der Waals surface area (Å²) in [4.78, 5) is 42.9. The van der Waals surface area contributed by atoms with Crippen molar-refractivity contribution in [1.29, 1.82) is 0 Å². The Balaban J connectivity index is 1.15. The summed E-state index contributed by atoms with van der Waals surface area (Å²) in [6.07, 6.45) is 1.79. The van der Waals surface area contributed by atoms with E-state index in [4.69, 9.17) is 0 Å². The quantitative estimate of drug-likeness (QED) is 0.132. The molecule has 0 saturated carbocycles. The largest absolute Gasteiger partial charge is 0.369 e. The summed E-state index contributed by atoms with van der Waals surface area (Å²) in [6, 6.07) is 26.3. The maximum atomic E-state index is 13.4. The molecule has 0 spiro atoms. The molecule has 0 aliphatic carbocycles. The molecular weight excluding hydrogens is 492 g/mol. The second kappa shape index (κ2) is 12.0. The monoisotopic (exact) mass is 524 g/mol. The molecule has 3 aromatic carbocycles. The molecule has 8 nitrogen and oxygen atoms in total. The molecule has 200 valence electrons. The van der Waals surface area contributed by atoms with E-state index in [0.717, 1.165) is 68.0 Å². The molecule has 2 fully saturated rings. The number of anilines is 1. The van der Waals surface area contributed by atoms with E-state index >= 15 is 0 Å². The molecule has 2 aliphatic rings. The van der Waals surface area contributed by atoms with Crippen molar-refractivity contribution < 1.29 is 14.5 Å². The minimum absolute atomic E-state index is 0.103. The van der Waals surface area contributed by atoms with Crippen LogP contribution in [-0.4, -0.2) is 65.8 Å². The van der Waals surface area contributed by atoms with Crippen molar-refractivity contribution in [2.45, 2.75) is 19.3 Å². The summed E-state index contributed by atoms with van der Waals surface area (Å²) in [5.74, 6) is -0.310. The van der Waals surface area contributed by atoms with Gasteiger partial charge in [-0.3, -0.25) is 29.5 Å². The van der Waals surface area contributed by atoms with Crippen LogP contribution < -0.4 is 4.90 Å². The van der Waals surface area contributed by atoms with Crippen molar-refractivity contribution >= 4 is 28.8 Å². The molecule has 0 bridgehead atoms. The Morgan fingerprint density at radius 1 is 0.744 bits per heavy atom. The third-order valence-electron chi connectivity index (χ3n) is 7.46. The zero-order valence-electron chi connectivity index (χ0n) is 21.9. The maximum absolute atomic E-state index is 13.4. The molecule has 0 atom stereocenters. The summed E-state index contributed by atoms with van der Waals surface area (Å²) >= 11 is 0. The van der Waals surface area contributed by atoms with E-state index in [-0.39, 0.29) is 28.8 Å². The lowest BCUT2D eigenvalue weighted by atomic mass is 9.92. The third kappa shape index (κ3) is 6.07. The van der Waals surface area contributed by atoms with Crippen LogP contribution in [0.2, 0.25) is 0 Å². The van der Waals surface area contributed by atoms with Gasteiger partial charge in [-0.25, -0.2) is 0 Å². The SMILES string of the molecule is O=C1CC(=C(c2ccccc2)c2ccccc2)C(=O)N1CCCCN1CCN(c2ccc([N+](=O)[O-])cc2)CC1. The van der Waals surface area contributed by atoms with E-state index in [1.165, 1.54) is 4.90 Å². The van der Waals surface area contributed by atoms with E-state index in [2.05, 4.69) is 9.80 Å². The van der Waals surface area contributed by atoms with E-state index in [1.54, 1.807) is 12.1 Å². The number of non-ortho nitro benzene ring substituents is 1. The first-order valence-corrected chi connectivity index (χ1v) is 13.4. The fourth-order valence-electron chi connectivity index (χ4n) is 5.36. The van der Waals surface area contributed by atoms with Gasteiger partial charge < -0.3 is 4.90 Å². The Morgan fingerprint density at radius 2 is 1.31 bits per heavy atom. The zero-order chi connectivity index (χ0) is 27.2. The molecule has 8 heteroatoms. The molecule has 0 aromatic heterocycles. The Hall–Kier alpha value is -4.30. The molecular formula is C31H32N4O4. The number of carbonyl (C=O) groups is 2. The number of benzene rings is 3. The standard InChI is InChI=1S/C31H32N4O4/c36-29-23-28(30(24-9-3-1-4-10-24)25-11-5-2-6-12-25)31(37)34(29)18-8-7-17-32-19-21-33(22-20-32)26-13-15-27(16-14-26)35(38)39/h1-6,9-16H,7-8,17-23H2. The molecule has 2 saturated heterocycles. The van der Waals surface area contributed by atoms with Gasteiger partial charge >= 0.3 is 0 Å². The van der Waals surface area contributed by atoms with Crippen LogP contribution in [0.3, 0.4) is 0 Å². The van der Waals surface area contributed by atoms with Gasteiger partial charge in [-0.15, -0.1) is 0 Å². The molecule has 2 amide bonds. The normalized spacial score (nSPS) is 16.2. The molecule has 2 heterocycles. The smallest absolute Gasteiger partial charge is 0.269 e. The van der Waals surface area contributed by atoms with E-state index < -0.39 is 0 Å². The van der Waals surface area contributed by atoms with Gasteiger partial charge in [-0.05, 0) is 48.2 Å². The first-order chi connectivity index (χ1) is 19.0. The van der Waals surface area contributed by atoms with Crippen molar-refractivity contribution in [2.24, 2.45) is 0 Å². The number of nitrogens with zero attached hydrogens (tertiary/aromatic N) is 4. The number of amides is 2. The fraction of sp³-hybridized carbons (Fsp3) is 0.290. The van der Waals surface area contributed by atoms with Crippen molar-refractivity contribution in [1.82, 2.24) is 9.80 Å². The number of nitro benzene ring substituents is 1. The molecule has 5 rings (SSSR count). The maximum Gasteiger partial charge on any atom is 0.269 e. The van der Waals surface area contributed by atoms with Crippen LogP contribution in [0.25, 0.3) is 5.57 Å². The van der Waals surface area contributed by atoms with Crippen LogP contribution in [-0.2, 0) is 9.59 Å². The fourth-order valence-corrected chi connectivity index (χ4v) is 5.36. The Kier molecular flexibility index (Phi) is 8.13. The number of hydrogen-bond donors (Lipinski definition) is 0. The molecule has 2 aliphatic heterocycles. The average Bonchev–Trinajstić information content (AvgIpc) is 3.25. The lowest BCUT2D eigenvalue weighted by Gasteiger charge is -2.36. The number of hydrogen-bond acceptors (Lipinski definition) is 6. The van der Waals surface area contributed by atoms with Gasteiger partial charge in [0.05, 0.1) is 11.3 Å². The summed E-state index contributed by atoms with van der Waals surface area (Å²) in [5.41, 5.74) is 4.39. The lowest BCUT2D eigenvalue weighted by molar-refractivity contribution is -0.384. The molecule has 0 unspecified atom stereocenters. The number of unbranched alkanes of at least 4 members (excludes halogenated alkanes) is 1. The summed E-state index contributed by atoms with van der Waals surface area (Å²) in [5, 5.41) is 10.9. The van der Waals surface area contributed by atoms with Crippen LogP contribution >= 0.6 is 0 Å². The third-order valence-corrected chi connectivity index (χ3v) is 7.46. The number of rotatable bonds is 9. The number of piperazine rings is 1. The van der Waals surface area contributed by atoms with Crippen molar-refractivity contribution in [2.75, 3.05) is 44.2 Å². The van der Waals surface area contributed by atoms with E-state index in [0.29, 0.717) is 12.1 Å². The van der Waals surface area contributed by atoms with E-state index in [9.17, 15) is 19.7 Å². The highest BCUT2D eigenvalue weighted by Crippen LogP contribution is 2.33. The number of likely N-dealkylation sites (tertiary alicyclic amines) is 1. The summed E-state index contributed by atoms with van der Waals surface area (Å²) < 4.78 is 0. The number of nitro groups is 1. The average molecular weight is 525 g/mol. The Labute approximate surface area is 228 Å². The highest BCUT2D eigenvalue weighted by Gasteiger charge is 2.36. The van der Waals surface area contributed by atoms with Gasteiger partial charge in [-0.2, -0.15) is 0 Å². The van der Waals surface area contributed by atoms with Crippen molar-refractivity contribution in [3.05, 3.63) is 112 Å².